The Hall–Kier alpha value is -1.72. The number of carbonyl (C=O) groups excluding carboxylic acids is 1. The highest BCUT2D eigenvalue weighted by molar-refractivity contribution is 5.77. The van der Waals surface area contributed by atoms with Crippen LogP contribution < -0.4 is 16.0 Å². The highest BCUT2D eigenvalue weighted by atomic mass is 16.1. The maximum absolute atomic E-state index is 11.5. The first-order valence-electron chi connectivity index (χ1n) is 7.95. The van der Waals surface area contributed by atoms with Crippen molar-refractivity contribution in [3.8, 4) is 0 Å². The van der Waals surface area contributed by atoms with E-state index < -0.39 is 0 Å². The smallest absolute Gasteiger partial charge is 0.220 e. The molecule has 2 aliphatic rings. The first kappa shape index (κ1) is 14.2. The van der Waals surface area contributed by atoms with Crippen LogP contribution in [0.25, 0.3) is 0 Å². The number of nitrogens with two attached hydrogens (primary N) is 1. The second-order valence-corrected chi connectivity index (χ2v) is 6.27. The van der Waals surface area contributed by atoms with Crippen molar-refractivity contribution in [3.05, 3.63) is 5.69 Å². The van der Waals surface area contributed by atoms with Gasteiger partial charge in [0.1, 0.15) is 5.82 Å². The Kier molecular flexibility index (Phi) is 3.78. The SMILES string of the molecule is CCCc1nn(C)c(N2CCC3NC(=O)CCC3C2)c1N. The Morgan fingerprint density at radius 3 is 3.00 bits per heavy atom. The fourth-order valence-corrected chi connectivity index (χ4v) is 3.68. The predicted molar refractivity (Wildman–Crippen MR) is 83.1 cm³/mol. The highest BCUT2D eigenvalue weighted by Gasteiger charge is 2.35. The zero-order chi connectivity index (χ0) is 15.0. The summed E-state index contributed by atoms with van der Waals surface area (Å²) in [6, 6.07) is 0.340. The van der Waals surface area contributed by atoms with E-state index in [0.29, 0.717) is 18.4 Å². The van der Waals surface area contributed by atoms with Crippen molar-refractivity contribution >= 4 is 17.4 Å². The van der Waals surface area contributed by atoms with Gasteiger partial charge in [0, 0.05) is 32.6 Å². The van der Waals surface area contributed by atoms with Crippen molar-refractivity contribution in [2.45, 2.75) is 45.1 Å². The lowest BCUT2D eigenvalue weighted by molar-refractivity contribution is -0.124. The largest absolute Gasteiger partial charge is 0.394 e. The van der Waals surface area contributed by atoms with Crippen LogP contribution in [0, 0.1) is 5.92 Å². The molecule has 3 heterocycles. The minimum absolute atomic E-state index is 0.204. The van der Waals surface area contributed by atoms with Crippen LogP contribution >= 0.6 is 0 Å². The molecule has 2 fully saturated rings. The molecule has 0 aromatic carbocycles. The number of fused-ring (bicyclic) bond motifs is 1. The van der Waals surface area contributed by atoms with E-state index in [1.165, 1.54) is 0 Å². The summed E-state index contributed by atoms with van der Waals surface area (Å²) in [7, 11) is 1.97. The summed E-state index contributed by atoms with van der Waals surface area (Å²) in [5, 5.41) is 7.70. The third-order valence-electron chi connectivity index (χ3n) is 4.74. The molecule has 3 rings (SSSR count). The normalized spacial score (nSPS) is 25.6. The summed E-state index contributed by atoms with van der Waals surface area (Å²) in [5.74, 6) is 1.78. The van der Waals surface area contributed by atoms with E-state index in [2.05, 4.69) is 22.2 Å². The number of nitrogen functional groups attached to an aromatic ring is 1. The Balaban J connectivity index is 1.78. The molecule has 1 aromatic rings. The quantitative estimate of drug-likeness (QED) is 0.873. The lowest BCUT2D eigenvalue weighted by Gasteiger charge is -2.42. The third kappa shape index (κ3) is 2.59. The number of piperidine rings is 2. The molecule has 2 saturated heterocycles. The van der Waals surface area contributed by atoms with Gasteiger partial charge in [-0.05, 0) is 25.2 Å². The van der Waals surface area contributed by atoms with Crippen molar-refractivity contribution < 1.29 is 4.79 Å². The van der Waals surface area contributed by atoms with E-state index in [9.17, 15) is 4.79 Å². The standard InChI is InChI=1S/C15H25N5O/c1-3-4-12-14(16)15(19(2)18-12)20-8-7-11-10(9-20)5-6-13(21)17-11/h10-11H,3-9,16H2,1-2H3,(H,17,21). The zero-order valence-corrected chi connectivity index (χ0v) is 12.9. The topological polar surface area (TPSA) is 76.2 Å². The van der Waals surface area contributed by atoms with Crippen LogP contribution in [-0.4, -0.2) is 34.8 Å². The number of aryl methyl sites for hydroxylation is 2. The van der Waals surface area contributed by atoms with Crippen LogP contribution in [-0.2, 0) is 18.3 Å². The number of hydrogen-bond donors (Lipinski definition) is 2. The molecule has 6 nitrogen and oxygen atoms in total. The molecule has 1 amide bonds. The van der Waals surface area contributed by atoms with Gasteiger partial charge in [-0.25, -0.2) is 0 Å². The van der Waals surface area contributed by atoms with Crippen molar-refractivity contribution in [3.63, 3.8) is 0 Å². The van der Waals surface area contributed by atoms with E-state index in [4.69, 9.17) is 5.73 Å². The molecule has 2 aliphatic heterocycles. The van der Waals surface area contributed by atoms with Gasteiger partial charge in [-0.15, -0.1) is 0 Å². The van der Waals surface area contributed by atoms with Gasteiger partial charge in [0.05, 0.1) is 11.4 Å². The lowest BCUT2D eigenvalue weighted by Crippen LogP contribution is -2.54. The van der Waals surface area contributed by atoms with Crippen LogP contribution in [0.4, 0.5) is 11.5 Å². The molecular formula is C15H25N5O. The minimum atomic E-state index is 0.204. The molecule has 2 atom stereocenters. The monoisotopic (exact) mass is 291 g/mol. The van der Waals surface area contributed by atoms with Gasteiger partial charge < -0.3 is 16.0 Å². The van der Waals surface area contributed by atoms with Crippen molar-refractivity contribution in [2.24, 2.45) is 13.0 Å². The predicted octanol–water partition coefficient (Wildman–Crippen LogP) is 1.06. The Labute approximate surface area is 125 Å². The number of nitrogens with zero attached hydrogens (tertiary/aromatic N) is 3. The molecule has 0 spiro atoms. The van der Waals surface area contributed by atoms with Crippen LogP contribution in [0.2, 0.25) is 0 Å². The number of hydrogen-bond acceptors (Lipinski definition) is 4. The number of amides is 1. The van der Waals surface area contributed by atoms with Gasteiger partial charge in [-0.3, -0.25) is 9.48 Å². The summed E-state index contributed by atoms with van der Waals surface area (Å²) >= 11 is 0. The number of nitrogens with one attached hydrogen (secondary N) is 1. The molecule has 0 bridgehead atoms. The molecule has 1 aromatic heterocycles. The molecule has 2 unspecified atom stereocenters. The van der Waals surface area contributed by atoms with Gasteiger partial charge in [0.2, 0.25) is 5.91 Å². The Bertz CT molecular complexity index is 538. The minimum Gasteiger partial charge on any atom is -0.394 e. The van der Waals surface area contributed by atoms with E-state index in [0.717, 1.165) is 56.0 Å². The third-order valence-corrected chi connectivity index (χ3v) is 4.74. The van der Waals surface area contributed by atoms with Crippen LogP contribution in [0.1, 0.15) is 38.3 Å². The summed E-state index contributed by atoms with van der Waals surface area (Å²) in [6.07, 6.45) is 4.60. The molecule has 6 heteroatoms. The lowest BCUT2D eigenvalue weighted by atomic mass is 9.85. The van der Waals surface area contributed by atoms with Crippen molar-refractivity contribution in [1.82, 2.24) is 15.1 Å². The van der Waals surface area contributed by atoms with Gasteiger partial charge in [-0.2, -0.15) is 5.10 Å². The highest BCUT2D eigenvalue weighted by Crippen LogP contribution is 2.33. The molecule has 21 heavy (non-hydrogen) atoms. The van der Waals surface area contributed by atoms with Gasteiger partial charge in [0.15, 0.2) is 0 Å². The Morgan fingerprint density at radius 1 is 1.43 bits per heavy atom. The maximum atomic E-state index is 11.5. The van der Waals surface area contributed by atoms with Gasteiger partial charge in [0.25, 0.3) is 0 Å². The second-order valence-electron chi connectivity index (χ2n) is 6.27. The van der Waals surface area contributed by atoms with Crippen LogP contribution in [0.15, 0.2) is 0 Å². The van der Waals surface area contributed by atoms with Crippen LogP contribution in [0.5, 0.6) is 0 Å². The molecule has 0 saturated carbocycles. The first-order valence-corrected chi connectivity index (χ1v) is 7.95. The van der Waals surface area contributed by atoms with Crippen LogP contribution in [0.3, 0.4) is 0 Å². The maximum Gasteiger partial charge on any atom is 0.220 e. The molecule has 0 radical (unpaired) electrons. The van der Waals surface area contributed by atoms with E-state index in [1.807, 2.05) is 11.7 Å². The fourth-order valence-electron chi connectivity index (χ4n) is 3.68. The average Bonchev–Trinajstić information content (AvgIpc) is 2.73. The summed E-state index contributed by atoms with van der Waals surface area (Å²) < 4.78 is 1.92. The fraction of sp³-hybridized carbons (Fsp3) is 0.733. The molecule has 0 aliphatic carbocycles. The van der Waals surface area contributed by atoms with E-state index in [-0.39, 0.29) is 5.91 Å². The van der Waals surface area contributed by atoms with Gasteiger partial charge in [-0.1, -0.05) is 13.3 Å². The average molecular weight is 291 g/mol. The molecule has 3 N–H and O–H groups in total. The number of rotatable bonds is 3. The number of carbonyl (C=O) groups is 1. The zero-order valence-electron chi connectivity index (χ0n) is 12.9. The van der Waals surface area contributed by atoms with E-state index >= 15 is 0 Å². The van der Waals surface area contributed by atoms with Crippen molar-refractivity contribution in [1.29, 1.82) is 0 Å². The first-order chi connectivity index (χ1) is 10.1. The Morgan fingerprint density at radius 2 is 2.24 bits per heavy atom. The molecule has 116 valence electrons. The van der Waals surface area contributed by atoms with E-state index in [1.54, 1.807) is 0 Å². The second kappa shape index (κ2) is 5.58. The van der Waals surface area contributed by atoms with Crippen molar-refractivity contribution in [2.75, 3.05) is 23.7 Å². The summed E-state index contributed by atoms with van der Waals surface area (Å²) in [4.78, 5) is 13.8. The summed E-state index contributed by atoms with van der Waals surface area (Å²) in [5.41, 5.74) is 8.16. The van der Waals surface area contributed by atoms with Gasteiger partial charge >= 0.3 is 0 Å². The number of aromatic nitrogens is 2. The number of anilines is 2. The summed E-state index contributed by atoms with van der Waals surface area (Å²) in [6.45, 7) is 4.03. The molecular weight excluding hydrogens is 266 g/mol.